The maximum atomic E-state index is 11.5. The number of rotatable bonds is 4. The molecule has 0 spiro atoms. The molecule has 1 aromatic carbocycles. The van der Waals surface area contributed by atoms with Gasteiger partial charge in [-0.15, -0.1) is 0 Å². The lowest BCUT2D eigenvalue weighted by Gasteiger charge is -2.09. The van der Waals surface area contributed by atoms with E-state index in [-0.39, 0.29) is 10.7 Å². The van der Waals surface area contributed by atoms with E-state index < -0.39 is 24.9 Å². The topological polar surface area (TPSA) is 106 Å². The van der Waals surface area contributed by atoms with E-state index in [0.717, 1.165) is 6.26 Å². The quantitative estimate of drug-likeness (QED) is 0.794. The van der Waals surface area contributed by atoms with Crippen molar-refractivity contribution in [2.45, 2.75) is 0 Å². The third kappa shape index (κ3) is 4.80. The van der Waals surface area contributed by atoms with Gasteiger partial charge in [0.2, 0.25) is 10.0 Å². The van der Waals surface area contributed by atoms with Gasteiger partial charge >= 0.3 is 0 Å². The van der Waals surface area contributed by atoms with Crippen LogP contribution in [0.25, 0.3) is 0 Å². The molecule has 96 valence electrons. The fraction of sp³-hybridized carbons (Fsp3) is 0.250. The number of halogens is 1. The summed E-state index contributed by atoms with van der Waals surface area (Å²) < 4.78 is 46.8. The van der Waals surface area contributed by atoms with Gasteiger partial charge in [0.05, 0.1) is 10.7 Å². The van der Waals surface area contributed by atoms with E-state index in [1.807, 2.05) is 0 Å². The number of sulfonamides is 1. The Hall–Kier alpha value is -0.990. The molecule has 0 aliphatic rings. The third-order valence-electron chi connectivity index (χ3n) is 1.63. The number of hydrogen-bond donors (Lipinski definition) is 2. The Balaban J connectivity index is 2.99. The molecular formula is C8H11ClN2O4S2. The standard InChI is InChI=1S/C8H11ClN2O4S2/c1-16(12,13)5-17(14,15)11-8-3-2-6(10)4-7(8)9/h2-4,11H,5,10H2,1H3. The molecule has 0 saturated carbocycles. The number of anilines is 2. The minimum Gasteiger partial charge on any atom is -0.399 e. The summed E-state index contributed by atoms with van der Waals surface area (Å²) in [6.07, 6.45) is 0.830. The normalized spacial score (nSPS) is 12.4. The summed E-state index contributed by atoms with van der Waals surface area (Å²) in [5.41, 5.74) is 5.90. The van der Waals surface area contributed by atoms with Crippen molar-refractivity contribution in [2.24, 2.45) is 0 Å². The monoisotopic (exact) mass is 298 g/mol. The molecule has 0 saturated heterocycles. The SMILES string of the molecule is CS(=O)(=O)CS(=O)(=O)Nc1ccc(N)cc1Cl. The van der Waals surface area contributed by atoms with Crippen molar-refractivity contribution >= 4 is 42.8 Å². The van der Waals surface area contributed by atoms with Crippen LogP contribution in [-0.4, -0.2) is 28.2 Å². The highest BCUT2D eigenvalue weighted by molar-refractivity contribution is 8.08. The highest BCUT2D eigenvalue weighted by atomic mass is 35.5. The predicted octanol–water partition coefficient (Wildman–Crippen LogP) is 0.666. The predicted molar refractivity (Wildman–Crippen MR) is 68.1 cm³/mol. The average Bonchev–Trinajstić information content (AvgIpc) is 2.05. The van der Waals surface area contributed by atoms with Gasteiger partial charge in [-0.2, -0.15) is 0 Å². The largest absolute Gasteiger partial charge is 0.399 e. The molecule has 1 rings (SSSR count). The molecule has 0 fully saturated rings. The number of nitrogen functional groups attached to an aromatic ring is 1. The molecule has 3 N–H and O–H groups in total. The molecule has 0 aliphatic carbocycles. The van der Waals surface area contributed by atoms with Crippen molar-refractivity contribution < 1.29 is 16.8 Å². The van der Waals surface area contributed by atoms with Crippen LogP contribution in [0.15, 0.2) is 18.2 Å². The Labute approximate surface area is 105 Å². The van der Waals surface area contributed by atoms with Crippen LogP contribution in [0, 0.1) is 0 Å². The van der Waals surface area contributed by atoms with Crippen LogP contribution < -0.4 is 10.5 Å². The molecule has 0 aliphatic heterocycles. The summed E-state index contributed by atoms with van der Waals surface area (Å²) in [6.45, 7) is 0. The highest BCUT2D eigenvalue weighted by Crippen LogP contribution is 2.25. The minimum atomic E-state index is -3.99. The van der Waals surface area contributed by atoms with Crippen molar-refractivity contribution in [2.75, 3.05) is 21.8 Å². The zero-order chi connectivity index (χ0) is 13.3. The van der Waals surface area contributed by atoms with Gasteiger partial charge in [-0.05, 0) is 18.2 Å². The lowest BCUT2D eigenvalue weighted by Crippen LogP contribution is -2.22. The Bertz CT molecular complexity index is 625. The van der Waals surface area contributed by atoms with Crippen molar-refractivity contribution in [3.05, 3.63) is 23.2 Å². The maximum Gasteiger partial charge on any atom is 0.247 e. The maximum absolute atomic E-state index is 11.5. The first-order valence-electron chi connectivity index (χ1n) is 4.32. The summed E-state index contributed by atoms with van der Waals surface area (Å²) in [7, 11) is -7.63. The molecule has 6 nitrogen and oxygen atoms in total. The minimum absolute atomic E-state index is 0.0875. The molecule has 0 atom stereocenters. The Kier molecular flexibility index (Phi) is 3.90. The molecule has 1 aromatic rings. The Morgan fingerprint density at radius 1 is 1.29 bits per heavy atom. The van der Waals surface area contributed by atoms with E-state index in [1.54, 1.807) is 0 Å². The number of hydrogen-bond acceptors (Lipinski definition) is 5. The second kappa shape index (κ2) is 4.71. The van der Waals surface area contributed by atoms with Gasteiger partial charge in [0, 0.05) is 11.9 Å². The van der Waals surface area contributed by atoms with Gasteiger partial charge < -0.3 is 5.73 Å². The molecule has 0 aromatic heterocycles. The van der Waals surface area contributed by atoms with Crippen molar-refractivity contribution in [1.82, 2.24) is 0 Å². The number of nitrogens with one attached hydrogen (secondary N) is 1. The third-order valence-corrected chi connectivity index (χ3v) is 5.43. The molecule has 0 unspecified atom stereocenters. The van der Waals surface area contributed by atoms with E-state index in [4.69, 9.17) is 17.3 Å². The van der Waals surface area contributed by atoms with Gasteiger partial charge in [0.15, 0.2) is 14.9 Å². The van der Waals surface area contributed by atoms with Crippen LogP contribution in [0.1, 0.15) is 0 Å². The van der Waals surface area contributed by atoms with Gasteiger partial charge in [0.1, 0.15) is 0 Å². The fourth-order valence-corrected chi connectivity index (χ4v) is 4.39. The fourth-order valence-electron chi connectivity index (χ4n) is 1.09. The summed E-state index contributed by atoms with van der Waals surface area (Å²) in [5, 5.41) is -0.900. The number of nitrogens with two attached hydrogens (primary N) is 1. The van der Waals surface area contributed by atoms with Crippen LogP contribution in [0.4, 0.5) is 11.4 Å². The molecule has 17 heavy (non-hydrogen) atoms. The van der Waals surface area contributed by atoms with Crippen LogP contribution in [0.3, 0.4) is 0 Å². The van der Waals surface area contributed by atoms with Crippen molar-refractivity contribution in [1.29, 1.82) is 0 Å². The Morgan fingerprint density at radius 3 is 2.35 bits per heavy atom. The lowest BCUT2D eigenvalue weighted by molar-refractivity contribution is 0.595. The first-order chi connectivity index (χ1) is 7.59. The second-order valence-electron chi connectivity index (χ2n) is 3.50. The second-order valence-corrected chi connectivity index (χ2v) is 8.13. The number of benzene rings is 1. The van der Waals surface area contributed by atoms with Gasteiger partial charge in [-0.25, -0.2) is 16.8 Å². The highest BCUT2D eigenvalue weighted by Gasteiger charge is 2.19. The van der Waals surface area contributed by atoms with Crippen LogP contribution in [-0.2, 0) is 19.9 Å². The van der Waals surface area contributed by atoms with E-state index in [0.29, 0.717) is 5.69 Å². The van der Waals surface area contributed by atoms with Gasteiger partial charge in [0.25, 0.3) is 0 Å². The molecule has 0 heterocycles. The van der Waals surface area contributed by atoms with Crippen LogP contribution in [0.5, 0.6) is 0 Å². The summed E-state index contributed by atoms with van der Waals surface area (Å²) in [5.74, 6) is 0. The van der Waals surface area contributed by atoms with E-state index >= 15 is 0 Å². The average molecular weight is 299 g/mol. The zero-order valence-corrected chi connectivity index (χ0v) is 11.2. The first-order valence-corrected chi connectivity index (χ1v) is 8.41. The zero-order valence-electron chi connectivity index (χ0n) is 8.84. The lowest BCUT2D eigenvalue weighted by atomic mass is 10.3. The first kappa shape index (κ1) is 14.1. The molecule has 0 radical (unpaired) electrons. The molecule has 9 heteroatoms. The van der Waals surface area contributed by atoms with Gasteiger partial charge in [-0.1, -0.05) is 11.6 Å². The number of sulfone groups is 1. The van der Waals surface area contributed by atoms with Crippen molar-refractivity contribution in [3.63, 3.8) is 0 Å². The molecular weight excluding hydrogens is 288 g/mol. The summed E-state index contributed by atoms with van der Waals surface area (Å²) in [4.78, 5) is 0. The van der Waals surface area contributed by atoms with E-state index in [1.165, 1.54) is 18.2 Å². The van der Waals surface area contributed by atoms with Crippen molar-refractivity contribution in [3.8, 4) is 0 Å². The smallest absolute Gasteiger partial charge is 0.247 e. The van der Waals surface area contributed by atoms with Gasteiger partial charge in [-0.3, -0.25) is 4.72 Å². The summed E-state index contributed by atoms with van der Waals surface area (Å²) >= 11 is 5.75. The summed E-state index contributed by atoms with van der Waals surface area (Å²) in [6, 6.07) is 4.17. The molecule has 0 bridgehead atoms. The molecule has 0 amide bonds. The van der Waals surface area contributed by atoms with Crippen LogP contribution >= 0.6 is 11.6 Å². The Morgan fingerprint density at radius 2 is 1.88 bits per heavy atom. The van der Waals surface area contributed by atoms with Crippen LogP contribution in [0.2, 0.25) is 5.02 Å². The van der Waals surface area contributed by atoms with E-state index in [2.05, 4.69) is 4.72 Å². The van der Waals surface area contributed by atoms with E-state index in [9.17, 15) is 16.8 Å².